The van der Waals surface area contributed by atoms with Gasteiger partial charge in [-0.25, -0.2) is 15.0 Å². The molecule has 5 aromatic rings. The molecule has 0 amide bonds. The van der Waals surface area contributed by atoms with Crippen molar-refractivity contribution in [3.05, 3.63) is 114 Å². The first kappa shape index (κ1) is 18.8. The number of hydrogen-bond acceptors (Lipinski definition) is 5. The van der Waals surface area contributed by atoms with Gasteiger partial charge in [-0.1, -0.05) is 72.8 Å². The Labute approximate surface area is 180 Å². The highest BCUT2D eigenvalue weighted by molar-refractivity contribution is 5.82. The van der Waals surface area contributed by atoms with Gasteiger partial charge in [0.05, 0.1) is 13.4 Å². The van der Waals surface area contributed by atoms with Gasteiger partial charge in [0.2, 0.25) is 0 Å². The summed E-state index contributed by atoms with van der Waals surface area (Å²) in [7, 11) is 1.67. The highest BCUT2D eigenvalue weighted by Gasteiger charge is 2.40. The van der Waals surface area contributed by atoms with E-state index in [1.807, 2.05) is 48.5 Å². The standard InChI is InChI=1S/C25H21N5O/c1-31-21-14-12-20(13-15-21)25(18-8-4-2-5-9-18,19-10-6-3-7-11-19)30-17-29-22-23(26)27-16-28-24(22)30/h2-17H,1H3,(H2,26,27,28). The van der Waals surface area contributed by atoms with Crippen LogP contribution in [-0.4, -0.2) is 26.6 Å². The van der Waals surface area contributed by atoms with E-state index < -0.39 is 5.54 Å². The van der Waals surface area contributed by atoms with E-state index in [-0.39, 0.29) is 0 Å². The minimum Gasteiger partial charge on any atom is -0.497 e. The predicted molar refractivity (Wildman–Crippen MR) is 121 cm³/mol. The molecular weight excluding hydrogens is 386 g/mol. The topological polar surface area (TPSA) is 78.9 Å². The molecule has 0 atom stereocenters. The molecule has 0 saturated carbocycles. The molecule has 2 N–H and O–H groups in total. The van der Waals surface area contributed by atoms with Gasteiger partial charge >= 0.3 is 0 Å². The van der Waals surface area contributed by atoms with E-state index in [1.54, 1.807) is 13.4 Å². The Hall–Kier alpha value is -4.19. The van der Waals surface area contributed by atoms with Gasteiger partial charge in [0.25, 0.3) is 0 Å². The number of nitrogens with zero attached hydrogens (tertiary/aromatic N) is 4. The van der Waals surface area contributed by atoms with Gasteiger partial charge in [-0.2, -0.15) is 0 Å². The van der Waals surface area contributed by atoms with Crippen molar-refractivity contribution in [3.8, 4) is 5.75 Å². The number of methoxy groups -OCH3 is 1. The quantitative estimate of drug-likeness (QED) is 0.441. The normalized spacial score (nSPS) is 11.5. The van der Waals surface area contributed by atoms with E-state index in [2.05, 4.69) is 55.9 Å². The van der Waals surface area contributed by atoms with Crippen molar-refractivity contribution >= 4 is 17.0 Å². The third kappa shape index (κ3) is 2.92. The zero-order valence-corrected chi connectivity index (χ0v) is 17.0. The largest absolute Gasteiger partial charge is 0.497 e. The van der Waals surface area contributed by atoms with Crippen LogP contribution in [0, 0.1) is 0 Å². The van der Waals surface area contributed by atoms with Gasteiger partial charge in [-0.3, -0.25) is 4.57 Å². The first-order valence-electron chi connectivity index (χ1n) is 9.94. The van der Waals surface area contributed by atoms with Crippen molar-refractivity contribution in [3.63, 3.8) is 0 Å². The third-order valence-corrected chi connectivity index (χ3v) is 5.61. The van der Waals surface area contributed by atoms with E-state index >= 15 is 0 Å². The number of aromatic nitrogens is 4. The average Bonchev–Trinajstić information content (AvgIpc) is 3.27. The molecule has 0 aliphatic heterocycles. The number of fused-ring (bicyclic) bond motifs is 1. The van der Waals surface area contributed by atoms with E-state index in [4.69, 9.17) is 10.5 Å². The predicted octanol–water partition coefficient (Wildman–Crippen LogP) is 4.26. The number of anilines is 1. The molecule has 2 heterocycles. The fourth-order valence-corrected chi connectivity index (χ4v) is 4.21. The van der Waals surface area contributed by atoms with Gasteiger partial charge in [0, 0.05) is 0 Å². The fraction of sp³-hybridized carbons (Fsp3) is 0.0800. The van der Waals surface area contributed by atoms with Crippen LogP contribution in [0.25, 0.3) is 11.2 Å². The number of hydrogen-bond donors (Lipinski definition) is 1. The van der Waals surface area contributed by atoms with E-state index in [0.29, 0.717) is 17.0 Å². The van der Waals surface area contributed by atoms with Crippen molar-refractivity contribution in [1.29, 1.82) is 0 Å². The molecule has 0 spiro atoms. The lowest BCUT2D eigenvalue weighted by atomic mass is 9.76. The summed E-state index contributed by atoms with van der Waals surface area (Å²) in [6.07, 6.45) is 3.27. The molecule has 6 nitrogen and oxygen atoms in total. The van der Waals surface area contributed by atoms with Crippen LogP contribution in [-0.2, 0) is 5.54 Å². The van der Waals surface area contributed by atoms with Gasteiger partial charge < -0.3 is 10.5 Å². The number of nitrogen functional groups attached to an aromatic ring is 1. The number of benzene rings is 3. The second kappa shape index (κ2) is 7.57. The molecule has 3 aromatic carbocycles. The highest BCUT2D eigenvalue weighted by Crippen LogP contribution is 2.42. The first-order valence-corrected chi connectivity index (χ1v) is 9.94. The molecular formula is C25H21N5O. The molecule has 6 heteroatoms. The Morgan fingerprint density at radius 2 is 1.32 bits per heavy atom. The van der Waals surface area contributed by atoms with Gasteiger partial charge in [0.15, 0.2) is 11.5 Å². The lowest BCUT2D eigenvalue weighted by Crippen LogP contribution is -2.37. The van der Waals surface area contributed by atoms with Gasteiger partial charge in [0.1, 0.15) is 23.1 Å². The summed E-state index contributed by atoms with van der Waals surface area (Å²) < 4.78 is 7.49. The highest BCUT2D eigenvalue weighted by atomic mass is 16.5. The summed E-state index contributed by atoms with van der Waals surface area (Å²) in [5, 5.41) is 0. The minimum absolute atomic E-state index is 0.355. The number of nitrogens with two attached hydrogens (primary N) is 1. The minimum atomic E-state index is -0.732. The summed E-state index contributed by atoms with van der Waals surface area (Å²) in [4.78, 5) is 13.3. The second-order valence-corrected chi connectivity index (χ2v) is 7.22. The lowest BCUT2D eigenvalue weighted by molar-refractivity contribution is 0.414. The monoisotopic (exact) mass is 407 g/mol. The Bertz CT molecular complexity index is 1280. The van der Waals surface area contributed by atoms with Crippen LogP contribution >= 0.6 is 0 Å². The average molecular weight is 407 g/mol. The molecule has 0 saturated heterocycles. The molecule has 0 aliphatic carbocycles. The molecule has 0 aliphatic rings. The summed E-state index contributed by atoms with van der Waals surface area (Å²) in [6, 6.07) is 28.8. The lowest BCUT2D eigenvalue weighted by Gasteiger charge is -2.37. The van der Waals surface area contributed by atoms with Crippen molar-refractivity contribution < 1.29 is 4.74 Å². The van der Waals surface area contributed by atoms with Crippen LogP contribution in [0.4, 0.5) is 5.82 Å². The SMILES string of the molecule is COc1ccc(C(c2ccccc2)(c2ccccc2)n2cnc3c(N)ncnc32)cc1. The zero-order valence-electron chi connectivity index (χ0n) is 17.0. The molecule has 0 radical (unpaired) electrons. The Morgan fingerprint density at radius 1 is 0.742 bits per heavy atom. The van der Waals surface area contributed by atoms with Crippen molar-refractivity contribution in [2.45, 2.75) is 5.54 Å². The Kier molecular flexibility index (Phi) is 4.59. The van der Waals surface area contributed by atoms with Crippen LogP contribution in [0.5, 0.6) is 5.75 Å². The summed E-state index contributed by atoms with van der Waals surface area (Å²) in [5.41, 5.74) is 9.82. The Morgan fingerprint density at radius 3 is 1.90 bits per heavy atom. The van der Waals surface area contributed by atoms with Crippen LogP contribution in [0.15, 0.2) is 97.6 Å². The molecule has 0 unspecified atom stereocenters. The van der Waals surface area contributed by atoms with Crippen LogP contribution in [0.2, 0.25) is 0 Å². The second-order valence-electron chi connectivity index (χ2n) is 7.22. The van der Waals surface area contributed by atoms with E-state index in [1.165, 1.54) is 6.33 Å². The smallest absolute Gasteiger partial charge is 0.166 e. The maximum absolute atomic E-state index is 6.12. The summed E-state index contributed by atoms with van der Waals surface area (Å²) in [6.45, 7) is 0. The number of ether oxygens (including phenoxy) is 1. The molecule has 0 bridgehead atoms. The zero-order chi connectivity index (χ0) is 21.3. The van der Waals surface area contributed by atoms with Crippen LogP contribution in [0.3, 0.4) is 0 Å². The molecule has 31 heavy (non-hydrogen) atoms. The maximum atomic E-state index is 6.12. The third-order valence-electron chi connectivity index (χ3n) is 5.61. The van der Waals surface area contributed by atoms with E-state index in [0.717, 1.165) is 22.4 Å². The molecule has 2 aromatic heterocycles. The molecule has 0 fully saturated rings. The van der Waals surface area contributed by atoms with Crippen molar-refractivity contribution in [2.75, 3.05) is 12.8 Å². The van der Waals surface area contributed by atoms with Crippen molar-refractivity contribution in [2.24, 2.45) is 0 Å². The van der Waals surface area contributed by atoms with Crippen molar-refractivity contribution in [1.82, 2.24) is 19.5 Å². The molecule has 5 rings (SSSR count). The number of imidazole rings is 1. The number of rotatable bonds is 5. The van der Waals surface area contributed by atoms with Gasteiger partial charge in [-0.05, 0) is 28.8 Å². The van der Waals surface area contributed by atoms with Crippen LogP contribution in [0.1, 0.15) is 16.7 Å². The Balaban J connectivity index is 1.94. The van der Waals surface area contributed by atoms with E-state index in [9.17, 15) is 0 Å². The van der Waals surface area contributed by atoms with Crippen LogP contribution < -0.4 is 10.5 Å². The first-order chi connectivity index (χ1) is 15.2. The van der Waals surface area contributed by atoms with Gasteiger partial charge in [-0.15, -0.1) is 0 Å². The summed E-state index contributed by atoms with van der Waals surface area (Å²) in [5.74, 6) is 1.15. The molecule has 152 valence electrons. The maximum Gasteiger partial charge on any atom is 0.166 e. The fourth-order valence-electron chi connectivity index (χ4n) is 4.21. The summed E-state index contributed by atoms with van der Waals surface area (Å²) >= 11 is 0.